The van der Waals surface area contributed by atoms with E-state index in [0.717, 1.165) is 5.56 Å². The summed E-state index contributed by atoms with van der Waals surface area (Å²) in [5.41, 5.74) is 1.44. The normalized spacial score (nSPS) is 24.6. The topological polar surface area (TPSA) is 63.2 Å². The quantitative estimate of drug-likeness (QED) is 0.268. The Hall–Kier alpha value is -0.581. The molecule has 0 N–H and O–H groups in total. The molecule has 31 heavy (non-hydrogen) atoms. The van der Waals surface area contributed by atoms with Gasteiger partial charge in [0.05, 0.1) is 0 Å². The van der Waals surface area contributed by atoms with Crippen LogP contribution in [0.5, 0.6) is 0 Å². The van der Waals surface area contributed by atoms with Gasteiger partial charge in [0.2, 0.25) is 0 Å². The molecule has 3 rings (SSSR count). The minimum absolute atomic E-state index is 0.226. The first kappa shape index (κ1) is 25.1. The van der Waals surface area contributed by atoms with Gasteiger partial charge < -0.3 is 0 Å². The molecule has 0 aliphatic carbocycles. The summed E-state index contributed by atoms with van der Waals surface area (Å²) < 4.78 is 43.9. The summed E-state index contributed by atoms with van der Waals surface area (Å²) in [6.07, 6.45) is -3.24. The molecule has 0 spiro atoms. The fourth-order valence-corrected chi connectivity index (χ4v) is 9.37. The number of benzene rings is 2. The van der Waals surface area contributed by atoms with Crippen LogP contribution in [0.15, 0.2) is 60.7 Å². The van der Waals surface area contributed by atoms with Gasteiger partial charge in [-0.25, -0.2) is 0 Å². The molecule has 2 aromatic rings. The van der Waals surface area contributed by atoms with Gasteiger partial charge in [-0.3, -0.25) is 0 Å². The standard InChI is InChI=1S/C22H30O6P2Se/c1-5-24-29(23,25-6-2)21(19-15-11-8-12-16-19)28-30(31)26-17-22(3,4)20(27-30)18-13-9-7-10-14-18/h7-16,20-21H,5-6,17H2,1-4H3/t20-,21?,30+/m0/s1. The van der Waals surface area contributed by atoms with Crippen LogP contribution in [0.25, 0.3) is 0 Å². The van der Waals surface area contributed by atoms with E-state index in [-0.39, 0.29) is 24.7 Å². The van der Waals surface area contributed by atoms with E-state index >= 15 is 0 Å². The summed E-state index contributed by atoms with van der Waals surface area (Å²) in [4.78, 5) is 0. The first-order chi connectivity index (χ1) is 14.7. The van der Waals surface area contributed by atoms with Crippen molar-refractivity contribution in [2.75, 3.05) is 19.8 Å². The molecule has 1 aliphatic heterocycles. The van der Waals surface area contributed by atoms with Gasteiger partial charge in [0.15, 0.2) is 0 Å². The molecule has 6 nitrogen and oxygen atoms in total. The van der Waals surface area contributed by atoms with Gasteiger partial charge in [0, 0.05) is 0 Å². The summed E-state index contributed by atoms with van der Waals surface area (Å²) in [5, 5.41) is 0. The van der Waals surface area contributed by atoms with Crippen molar-refractivity contribution in [3.05, 3.63) is 71.8 Å². The van der Waals surface area contributed by atoms with Gasteiger partial charge in [-0.15, -0.1) is 0 Å². The molecule has 0 aromatic heterocycles. The fourth-order valence-electron chi connectivity index (χ4n) is 3.39. The molecule has 9 heteroatoms. The minimum atomic E-state index is -3.66. The SMILES string of the molecule is CCOP(=O)(OCC)C(O[P@@]1(=[Se])OCC(C)(C)[C@H](c2ccccc2)O1)c1ccccc1. The van der Waals surface area contributed by atoms with Crippen LogP contribution in [0.4, 0.5) is 0 Å². The third-order valence-electron chi connectivity index (χ3n) is 4.86. The summed E-state index contributed by atoms with van der Waals surface area (Å²) in [7, 11) is -3.66. The monoisotopic (exact) mass is 532 g/mol. The molecule has 170 valence electrons. The van der Waals surface area contributed by atoms with Crippen LogP contribution in [0.3, 0.4) is 0 Å². The van der Waals surface area contributed by atoms with Crippen molar-refractivity contribution in [3.63, 3.8) is 0 Å². The molecule has 0 saturated carbocycles. The van der Waals surface area contributed by atoms with Crippen molar-refractivity contribution in [2.45, 2.75) is 39.6 Å². The van der Waals surface area contributed by atoms with E-state index in [2.05, 4.69) is 28.9 Å². The Balaban J connectivity index is 1.96. The Kier molecular flexibility index (Phi) is 8.54. The molecule has 3 atom stereocenters. The number of hydrogen-bond acceptors (Lipinski definition) is 6. The average Bonchev–Trinajstić information content (AvgIpc) is 2.76. The Morgan fingerprint density at radius 2 is 1.61 bits per heavy atom. The maximum atomic E-state index is 13.7. The van der Waals surface area contributed by atoms with E-state index in [1.165, 1.54) is 0 Å². The van der Waals surface area contributed by atoms with Gasteiger partial charge in [-0.05, 0) is 0 Å². The molecule has 0 bridgehead atoms. The Morgan fingerprint density at radius 1 is 1.06 bits per heavy atom. The predicted octanol–water partition coefficient (Wildman–Crippen LogP) is 6.63. The third kappa shape index (κ3) is 6.06. The van der Waals surface area contributed by atoms with E-state index in [4.69, 9.17) is 22.6 Å². The Labute approximate surface area is 192 Å². The second-order valence-electron chi connectivity index (χ2n) is 7.85. The molecule has 1 aliphatic rings. The van der Waals surface area contributed by atoms with Crippen LogP contribution in [0, 0.1) is 5.41 Å². The van der Waals surface area contributed by atoms with E-state index in [9.17, 15) is 4.57 Å². The van der Waals surface area contributed by atoms with E-state index in [1.54, 1.807) is 13.8 Å². The van der Waals surface area contributed by atoms with E-state index in [0.29, 0.717) is 12.2 Å². The third-order valence-corrected chi connectivity index (χ3v) is 10.4. The summed E-state index contributed by atoms with van der Waals surface area (Å²) in [6, 6.07) is 19.3. The van der Waals surface area contributed by atoms with Crippen LogP contribution in [0.1, 0.15) is 50.8 Å². The second kappa shape index (κ2) is 10.6. The van der Waals surface area contributed by atoms with Gasteiger partial charge in [-0.2, -0.15) is 0 Å². The van der Waals surface area contributed by atoms with Crippen LogP contribution < -0.4 is 0 Å². The number of hydrogen-bond donors (Lipinski definition) is 0. The number of rotatable bonds is 9. The molecule has 2 aromatic carbocycles. The van der Waals surface area contributed by atoms with Crippen LogP contribution in [-0.2, 0) is 27.2 Å². The maximum absolute atomic E-state index is 13.7. The van der Waals surface area contributed by atoms with E-state index < -0.39 is 19.6 Å². The summed E-state index contributed by atoms with van der Waals surface area (Å²) in [5.74, 6) is -0.985. The molecular weight excluding hydrogens is 501 g/mol. The molecule has 1 heterocycles. The second-order valence-corrected chi connectivity index (χ2v) is 14.3. The van der Waals surface area contributed by atoms with Crippen molar-refractivity contribution < 1.29 is 27.2 Å². The van der Waals surface area contributed by atoms with Gasteiger partial charge >= 0.3 is 193 Å². The Bertz CT molecular complexity index is 928. The van der Waals surface area contributed by atoms with Crippen molar-refractivity contribution >= 4 is 28.9 Å². The zero-order valence-electron chi connectivity index (χ0n) is 18.3. The van der Waals surface area contributed by atoms with Crippen molar-refractivity contribution in [1.82, 2.24) is 0 Å². The molecule has 0 amide bonds. The first-order valence-corrected chi connectivity index (χ1v) is 15.7. The zero-order chi connectivity index (χ0) is 22.5. The van der Waals surface area contributed by atoms with Crippen molar-refractivity contribution in [1.29, 1.82) is 0 Å². The van der Waals surface area contributed by atoms with Crippen LogP contribution in [-0.4, -0.2) is 34.9 Å². The molecular formula is C22H30O6P2Se. The van der Waals surface area contributed by atoms with Crippen molar-refractivity contribution in [3.8, 4) is 0 Å². The zero-order valence-corrected chi connectivity index (χ0v) is 21.8. The van der Waals surface area contributed by atoms with E-state index in [1.807, 2.05) is 60.7 Å². The molecule has 0 radical (unpaired) electrons. The fraction of sp³-hybridized carbons (Fsp3) is 0.455. The first-order valence-electron chi connectivity index (χ1n) is 10.3. The van der Waals surface area contributed by atoms with Gasteiger partial charge in [0.25, 0.3) is 0 Å². The van der Waals surface area contributed by atoms with Crippen molar-refractivity contribution in [2.24, 2.45) is 5.41 Å². The predicted molar refractivity (Wildman–Crippen MR) is 124 cm³/mol. The van der Waals surface area contributed by atoms with Gasteiger partial charge in [-0.1, -0.05) is 0 Å². The summed E-state index contributed by atoms with van der Waals surface area (Å²) in [6.45, 7) is 8.61. The summed E-state index contributed by atoms with van der Waals surface area (Å²) >= 11 is 3.00. The van der Waals surface area contributed by atoms with Crippen LogP contribution in [0.2, 0.25) is 0 Å². The Morgan fingerprint density at radius 3 is 2.16 bits per heavy atom. The molecule has 1 saturated heterocycles. The van der Waals surface area contributed by atoms with Gasteiger partial charge in [0.1, 0.15) is 0 Å². The van der Waals surface area contributed by atoms with Crippen LogP contribution >= 0.6 is 13.8 Å². The molecule has 1 unspecified atom stereocenters. The average molecular weight is 531 g/mol. The molecule has 1 fully saturated rings.